The first-order valence-electron chi connectivity index (χ1n) is 12.0. The summed E-state index contributed by atoms with van der Waals surface area (Å²) in [5.41, 5.74) is 1.08. The van der Waals surface area contributed by atoms with Crippen molar-refractivity contribution < 1.29 is 19.1 Å². The Kier molecular flexibility index (Phi) is 8.80. The molecule has 0 aromatic heterocycles. The van der Waals surface area contributed by atoms with E-state index < -0.39 is 12.0 Å². The molecule has 1 fully saturated rings. The van der Waals surface area contributed by atoms with Gasteiger partial charge < -0.3 is 20.3 Å². The molecule has 198 valence electrons. The van der Waals surface area contributed by atoms with Crippen molar-refractivity contribution in [3.63, 3.8) is 0 Å². The van der Waals surface area contributed by atoms with Gasteiger partial charge in [0.1, 0.15) is 0 Å². The topological polar surface area (TPSA) is 94.2 Å². The van der Waals surface area contributed by atoms with E-state index in [1.807, 2.05) is 32.6 Å². The molecular weight excluding hydrogens is 505 g/mol. The quantitative estimate of drug-likeness (QED) is 0.551. The summed E-state index contributed by atoms with van der Waals surface area (Å²) < 4.78 is 5.39. The maximum atomic E-state index is 13.2. The first-order chi connectivity index (χ1) is 16.8. The van der Waals surface area contributed by atoms with Gasteiger partial charge in [-0.2, -0.15) is 0 Å². The number of hydrogen-bond donors (Lipinski definition) is 2. The summed E-state index contributed by atoms with van der Waals surface area (Å²) in [4.78, 5) is 44.3. The van der Waals surface area contributed by atoms with Gasteiger partial charge in [-0.25, -0.2) is 14.4 Å². The molecule has 9 nitrogen and oxygen atoms in total. The average molecular weight is 540 g/mol. The number of ether oxygens (including phenoxy) is 1. The maximum Gasteiger partial charge on any atom is 0.338 e. The van der Waals surface area contributed by atoms with E-state index in [-0.39, 0.29) is 30.2 Å². The van der Waals surface area contributed by atoms with Gasteiger partial charge in [-0.05, 0) is 52.3 Å². The van der Waals surface area contributed by atoms with Gasteiger partial charge in [-0.3, -0.25) is 9.80 Å². The largest absolute Gasteiger partial charge is 0.463 e. The minimum Gasteiger partial charge on any atom is -0.463 e. The first-order valence-corrected chi connectivity index (χ1v) is 12.8. The minimum atomic E-state index is -0.788. The summed E-state index contributed by atoms with van der Waals surface area (Å²) in [7, 11) is 1.63. The van der Waals surface area contributed by atoms with Crippen molar-refractivity contribution in [2.24, 2.45) is 0 Å². The van der Waals surface area contributed by atoms with E-state index in [4.69, 9.17) is 27.9 Å². The lowest BCUT2D eigenvalue weighted by Crippen LogP contribution is -2.59. The van der Waals surface area contributed by atoms with Crippen molar-refractivity contribution in [3.05, 3.63) is 45.1 Å². The van der Waals surface area contributed by atoms with Crippen LogP contribution in [-0.2, 0) is 9.53 Å². The second kappa shape index (κ2) is 11.3. The van der Waals surface area contributed by atoms with Gasteiger partial charge in [0.15, 0.2) is 0 Å². The lowest BCUT2D eigenvalue weighted by molar-refractivity contribution is -0.139. The number of nitrogens with one attached hydrogen (secondary N) is 2. The number of likely N-dealkylation sites (N-methyl/N-ethyl adjacent to an activating group) is 1. The van der Waals surface area contributed by atoms with Gasteiger partial charge in [0.25, 0.3) is 0 Å². The summed E-state index contributed by atoms with van der Waals surface area (Å²) in [6.45, 7) is 11.8. The third-order valence-electron chi connectivity index (χ3n) is 6.17. The normalized spacial score (nSPS) is 21.4. The van der Waals surface area contributed by atoms with Crippen molar-refractivity contribution in [1.82, 2.24) is 25.3 Å². The lowest BCUT2D eigenvalue weighted by atomic mass is 9.94. The number of rotatable bonds is 5. The van der Waals surface area contributed by atoms with E-state index >= 15 is 0 Å². The molecule has 0 radical (unpaired) electrons. The summed E-state index contributed by atoms with van der Waals surface area (Å²) in [6.07, 6.45) is 0. The molecule has 2 N–H and O–H groups in total. The maximum absolute atomic E-state index is 13.2. The van der Waals surface area contributed by atoms with Gasteiger partial charge >= 0.3 is 18.0 Å². The third kappa shape index (κ3) is 6.44. The molecule has 2 atom stereocenters. The number of benzene rings is 1. The lowest BCUT2D eigenvalue weighted by Gasteiger charge is -2.43. The van der Waals surface area contributed by atoms with Crippen LogP contribution in [0.2, 0.25) is 10.0 Å². The van der Waals surface area contributed by atoms with Gasteiger partial charge in [0.2, 0.25) is 0 Å². The number of esters is 1. The molecule has 0 unspecified atom stereocenters. The second-order valence-corrected chi connectivity index (χ2v) is 11.0. The van der Waals surface area contributed by atoms with Crippen LogP contribution in [0.1, 0.15) is 46.2 Å². The SMILES string of the molecule is CCOC(=O)C1=C(CN2CCN(C(=O)NC(C)(C)C)[C@H](C)C2)N(C)C(=O)N[C@@H]1c1ccc(Cl)cc1Cl. The van der Waals surface area contributed by atoms with Gasteiger partial charge in [-0.1, -0.05) is 29.3 Å². The first kappa shape index (κ1) is 28.1. The van der Waals surface area contributed by atoms with Crippen LogP contribution >= 0.6 is 23.2 Å². The molecule has 2 heterocycles. The second-order valence-electron chi connectivity index (χ2n) is 10.1. The molecule has 36 heavy (non-hydrogen) atoms. The van der Waals surface area contributed by atoms with E-state index in [0.29, 0.717) is 53.1 Å². The number of piperazine rings is 1. The molecule has 0 saturated carbocycles. The Morgan fingerprint density at radius 3 is 2.50 bits per heavy atom. The molecule has 4 amide bonds. The van der Waals surface area contributed by atoms with Crippen LogP contribution in [0.4, 0.5) is 9.59 Å². The Morgan fingerprint density at radius 1 is 1.22 bits per heavy atom. The van der Waals surface area contributed by atoms with E-state index in [9.17, 15) is 14.4 Å². The molecule has 11 heteroatoms. The Labute approximate surface area is 222 Å². The number of amides is 4. The highest BCUT2D eigenvalue weighted by atomic mass is 35.5. The molecular formula is C25H35Cl2N5O4. The highest BCUT2D eigenvalue weighted by molar-refractivity contribution is 6.35. The van der Waals surface area contributed by atoms with Gasteiger partial charge in [0, 0.05) is 60.5 Å². The number of halogens is 2. The fourth-order valence-corrected chi connectivity index (χ4v) is 4.97. The van der Waals surface area contributed by atoms with Crippen LogP contribution < -0.4 is 10.6 Å². The summed E-state index contributed by atoms with van der Waals surface area (Å²) in [5.74, 6) is -0.522. The predicted octanol–water partition coefficient (Wildman–Crippen LogP) is 4.02. The van der Waals surface area contributed by atoms with Crippen LogP contribution in [0.25, 0.3) is 0 Å². The van der Waals surface area contributed by atoms with Crippen LogP contribution in [0, 0.1) is 0 Å². The number of carbonyl (C=O) groups excluding carboxylic acids is 3. The Hall–Kier alpha value is -2.49. The molecule has 2 aliphatic heterocycles. The van der Waals surface area contributed by atoms with Crippen molar-refractivity contribution >= 4 is 41.2 Å². The highest BCUT2D eigenvalue weighted by Crippen LogP contribution is 2.36. The summed E-state index contributed by atoms with van der Waals surface area (Å²) in [5, 5.41) is 6.68. The van der Waals surface area contributed by atoms with E-state index in [0.717, 1.165) is 0 Å². The van der Waals surface area contributed by atoms with Crippen LogP contribution in [0.15, 0.2) is 29.5 Å². The Balaban J connectivity index is 1.92. The van der Waals surface area contributed by atoms with E-state index in [1.54, 1.807) is 32.2 Å². The Bertz CT molecular complexity index is 1060. The monoisotopic (exact) mass is 539 g/mol. The molecule has 3 rings (SSSR count). The van der Waals surface area contributed by atoms with Crippen molar-refractivity contribution in [3.8, 4) is 0 Å². The number of carbonyl (C=O) groups is 3. The third-order valence-corrected chi connectivity index (χ3v) is 6.74. The fraction of sp³-hybridized carbons (Fsp3) is 0.560. The summed E-state index contributed by atoms with van der Waals surface area (Å²) in [6, 6.07) is 3.64. The smallest absolute Gasteiger partial charge is 0.338 e. The van der Waals surface area contributed by atoms with E-state index in [1.165, 1.54) is 4.90 Å². The average Bonchev–Trinajstić information content (AvgIpc) is 2.75. The zero-order valence-corrected chi connectivity index (χ0v) is 23.2. The number of nitrogens with zero attached hydrogens (tertiary/aromatic N) is 3. The Morgan fingerprint density at radius 2 is 1.92 bits per heavy atom. The molecule has 1 aromatic carbocycles. The number of urea groups is 2. The predicted molar refractivity (Wildman–Crippen MR) is 140 cm³/mol. The van der Waals surface area contributed by atoms with Crippen molar-refractivity contribution in [2.45, 2.75) is 52.2 Å². The standard InChI is InChI=1S/C25H35Cl2N5O4/c1-7-36-22(33)20-19(14-31-10-11-32(15(2)13-31)24(35)29-25(3,4)5)30(6)23(34)28-21(20)17-9-8-16(26)12-18(17)27/h8-9,12,15,21H,7,10-11,13-14H2,1-6H3,(H,28,34)(H,29,35)/t15-,21-/m1/s1. The van der Waals surface area contributed by atoms with Crippen LogP contribution in [0.3, 0.4) is 0 Å². The van der Waals surface area contributed by atoms with Crippen molar-refractivity contribution in [1.29, 1.82) is 0 Å². The zero-order valence-electron chi connectivity index (χ0n) is 21.7. The molecule has 1 aromatic rings. The molecule has 1 saturated heterocycles. The van der Waals surface area contributed by atoms with E-state index in [2.05, 4.69) is 15.5 Å². The number of hydrogen-bond acceptors (Lipinski definition) is 5. The zero-order chi connectivity index (χ0) is 26.8. The molecule has 0 spiro atoms. The van der Waals surface area contributed by atoms with Gasteiger partial charge in [0.05, 0.1) is 18.2 Å². The van der Waals surface area contributed by atoms with Gasteiger partial charge in [-0.15, -0.1) is 0 Å². The molecule has 0 bridgehead atoms. The van der Waals surface area contributed by atoms with Crippen LogP contribution in [-0.4, -0.2) is 84.1 Å². The summed E-state index contributed by atoms with van der Waals surface area (Å²) >= 11 is 12.5. The molecule has 0 aliphatic carbocycles. The van der Waals surface area contributed by atoms with Crippen LogP contribution in [0.5, 0.6) is 0 Å². The fourth-order valence-electron chi connectivity index (χ4n) is 4.45. The highest BCUT2D eigenvalue weighted by Gasteiger charge is 2.39. The van der Waals surface area contributed by atoms with Crippen molar-refractivity contribution in [2.75, 3.05) is 39.8 Å². The minimum absolute atomic E-state index is 0.0584. The molecule has 2 aliphatic rings.